The molecule has 1 aliphatic rings. The number of carbonyl (C=O) groups excluding carboxylic acids is 1. The maximum atomic E-state index is 12.5. The van der Waals surface area contributed by atoms with Gasteiger partial charge in [-0.2, -0.15) is 0 Å². The molecule has 4 rings (SSSR count). The van der Waals surface area contributed by atoms with Crippen LogP contribution in [0.5, 0.6) is 0 Å². The number of hydrogen-bond donors (Lipinski definition) is 1. The van der Waals surface area contributed by atoms with E-state index in [0.29, 0.717) is 35.0 Å². The number of nitrogens with one attached hydrogen (secondary N) is 1. The summed E-state index contributed by atoms with van der Waals surface area (Å²) >= 11 is 0. The predicted octanol–water partition coefficient (Wildman–Crippen LogP) is 2.63. The molecule has 3 heterocycles. The third-order valence-corrected chi connectivity index (χ3v) is 4.40. The molecule has 0 amide bonds. The fourth-order valence-electron chi connectivity index (χ4n) is 2.90. The molecule has 3 aromatic rings. The second-order valence-corrected chi connectivity index (χ2v) is 6.16. The lowest BCUT2D eigenvalue weighted by Crippen LogP contribution is -2.11. The zero-order chi connectivity index (χ0) is 19.5. The molecule has 1 atom stereocenters. The Kier molecular flexibility index (Phi) is 4.67. The molecule has 0 fully saturated rings. The van der Waals surface area contributed by atoms with Crippen LogP contribution in [0.4, 0.5) is 0 Å². The Morgan fingerprint density at radius 1 is 1.32 bits per heavy atom. The zero-order valence-electron chi connectivity index (χ0n) is 15.0. The second-order valence-electron chi connectivity index (χ2n) is 6.16. The van der Waals surface area contributed by atoms with Crippen molar-refractivity contribution >= 4 is 5.97 Å². The summed E-state index contributed by atoms with van der Waals surface area (Å²) in [5, 5.41) is 4.06. The van der Waals surface area contributed by atoms with Crippen LogP contribution < -0.4 is 5.56 Å². The standard InChI is InChI=1S/C20H16N4O4/c1-27-20(26)13-7-5-12(6-8-13)16-10-17(28-24-16)14-11-22-18(23-19(14)25)15-4-2-3-9-21-15/h2-5,7-12H,6H2,1H3,(H,22,23,25). The van der Waals surface area contributed by atoms with E-state index < -0.39 is 0 Å². The first kappa shape index (κ1) is 17.6. The summed E-state index contributed by atoms with van der Waals surface area (Å²) in [6.07, 6.45) is 9.01. The van der Waals surface area contributed by atoms with Crippen LogP contribution in [0.2, 0.25) is 0 Å². The molecule has 0 saturated carbocycles. The highest BCUT2D eigenvalue weighted by molar-refractivity contribution is 5.91. The Bertz CT molecular complexity index is 1130. The van der Waals surface area contributed by atoms with Crippen molar-refractivity contribution in [1.82, 2.24) is 20.1 Å². The van der Waals surface area contributed by atoms with Gasteiger partial charge in [-0.1, -0.05) is 29.5 Å². The number of H-pyrrole nitrogens is 1. The van der Waals surface area contributed by atoms with Crippen molar-refractivity contribution in [3.63, 3.8) is 0 Å². The number of nitrogens with zero attached hydrogens (tertiary/aromatic N) is 3. The van der Waals surface area contributed by atoms with Crippen LogP contribution in [0.15, 0.2) is 69.8 Å². The number of esters is 1. The molecule has 8 nitrogen and oxygen atoms in total. The van der Waals surface area contributed by atoms with Gasteiger partial charge >= 0.3 is 5.97 Å². The van der Waals surface area contributed by atoms with Gasteiger partial charge in [-0.25, -0.2) is 9.78 Å². The van der Waals surface area contributed by atoms with Gasteiger partial charge in [0.05, 0.1) is 18.4 Å². The van der Waals surface area contributed by atoms with Crippen LogP contribution in [0, 0.1) is 0 Å². The van der Waals surface area contributed by atoms with Crippen LogP contribution in [0.1, 0.15) is 18.0 Å². The van der Waals surface area contributed by atoms with E-state index in [1.165, 1.54) is 13.3 Å². The Labute approximate surface area is 159 Å². The lowest BCUT2D eigenvalue weighted by molar-refractivity contribution is -0.135. The van der Waals surface area contributed by atoms with E-state index in [2.05, 4.69) is 20.1 Å². The second kappa shape index (κ2) is 7.43. The number of rotatable bonds is 4. The number of pyridine rings is 1. The molecule has 1 unspecified atom stereocenters. The smallest absolute Gasteiger partial charge is 0.337 e. The first-order valence-corrected chi connectivity index (χ1v) is 8.60. The van der Waals surface area contributed by atoms with Crippen molar-refractivity contribution in [1.29, 1.82) is 0 Å². The van der Waals surface area contributed by atoms with Crippen LogP contribution >= 0.6 is 0 Å². The molecule has 0 radical (unpaired) electrons. The van der Waals surface area contributed by atoms with Gasteiger partial charge in [0.15, 0.2) is 11.6 Å². The summed E-state index contributed by atoms with van der Waals surface area (Å²) in [5.41, 5.74) is 1.69. The molecular formula is C20H16N4O4. The molecule has 1 aliphatic carbocycles. The lowest BCUT2D eigenvalue weighted by Gasteiger charge is -2.12. The molecule has 0 saturated heterocycles. The fraction of sp³-hybridized carbons (Fsp3) is 0.150. The van der Waals surface area contributed by atoms with Gasteiger partial charge in [-0.3, -0.25) is 9.78 Å². The maximum absolute atomic E-state index is 12.5. The zero-order valence-corrected chi connectivity index (χ0v) is 15.0. The molecule has 0 aliphatic heterocycles. The van der Waals surface area contributed by atoms with E-state index in [1.807, 2.05) is 12.1 Å². The van der Waals surface area contributed by atoms with Crippen LogP contribution in [0.25, 0.3) is 22.8 Å². The number of hydrogen-bond acceptors (Lipinski definition) is 7. The Morgan fingerprint density at radius 3 is 2.89 bits per heavy atom. The monoisotopic (exact) mass is 376 g/mol. The van der Waals surface area contributed by atoms with Crippen LogP contribution in [-0.4, -0.2) is 33.2 Å². The Morgan fingerprint density at radius 2 is 2.21 bits per heavy atom. The molecule has 0 aromatic carbocycles. The van der Waals surface area contributed by atoms with E-state index in [-0.39, 0.29) is 23.0 Å². The lowest BCUT2D eigenvalue weighted by atomic mass is 9.93. The molecule has 0 bridgehead atoms. The van der Waals surface area contributed by atoms with Crippen molar-refractivity contribution in [3.8, 4) is 22.8 Å². The molecule has 1 N–H and O–H groups in total. The summed E-state index contributed by atoms with van der Waals surface area (Å²) < 4.78 is 10.1. The van der Waals surface area contributed by atoms with E-state index in [9.17, 15) is 9.59 Å². The molecule has 28 heavy (non-hydrogen) atoms. The van der Waals surface area contributed by atoms with Crippen molar-refractivity contribution < 1.29 is 14.1 Å². The predicted molar refractivity (Wildman–Crippen MR) is 100 cm³/mol. The van der Waals surface area contributed by atoms with Gasteiger partial charge in [0, 0.05) is 24.4 Å². The molecule has 140 valence electrons. The van der Waals surface area contributed by atoms with Crippen LogP contribution in [0.3, 0.4) is 0 Å². The molecule has 3 aromatic heterocycles. The Hall–Kier alpha value is -3.81. The largest absolute Gasteiger partial charge is 0.465 e. The SMILES string of the molecule is COC(=O)C1=CCC(c2cc(-c3cnc(-c4ccccn4)[nH]c3=O)on2)C=C1. The maximum Gasteiger partial charge on any atom is 0.337 e. The fourth-order valence-corrected chi connectivity index (χ4v) is 2.90. The highest BCUT2D eigenvalue weighted by Gasteiger charge is 2.20. The van der Waals surface area contributed by atoms with Gasteiger partial charge in [-0.15, -0.1) is 0 Å². The minimum absolute atomic E-state index is 0.0502. The van der Waals surface area contributed by atoms with E-state index >= 15 is 0 Å². The minimum atomic E-state index is -0.374. The Balaban J connectivity index is 1.56. The van der Waals surface area contributed by atoms with Gasteiger partial charge < -0.3 is 14.2 Å². The van der Waals surface area contributed by atoms with E-state index in [1.54, 1.807) is 36.5 Å². The van der Waals surface area contributed by atoms with Gasteiger partial charge in [0.1, 0.15) is 11.3 Å². The first-order valence-electron chi connectivity index (χ1n) is 8.60. The summed E-state index contributed by atoms with van der Waals surface area (Å²) in [4.78, 5) is 35.2. The molecular weight excluding hydrogens is 360 g/mol. The summed E-state index contributed by atoms with van der Waals surface area (Å²) in [5.74, 6) is 0.282. The summed E-state index contributed by atoms with van der Waals surface area (Å²) in [6, 6.07) is 7.07. The average molecular weight is 376 g/mol. The highest BCUT2D eigenvalue weighted by atomic mass is 16.5. The van der Waals surface area contributed by atoms with E-state index in [0.717, 1.165) is 0 Å². The normalized spacial score (nSPS) is 15.9. The third-order valence-electron chi connectivity index (χ3n) is 4.40. The number of ether oxygens (including phenoxy) is 1. The number of methoxy groups -OCH3 is 1. The number of aromatic nitrogens is 4. The van der Waals surface area contributed by atoms with E-state index in [4.69, 9.17) is 9.26 Å². The van der Waals surface area contributed by atoms with Crippen molar-refractivity contribution in [3.05, 3.63) is 76.5 Å². The highest BCUT2D eigenvalue weighted by Crippen LogP contribution is 2.29. The minimum Gasteiger partial charge on any atom is -0.465 e. The molecule has 8 heteroatoms. The van der Waals surface area contributed by atoms with Crippen molar-refractivity contribution in [2.24, 2.45) is 0 Å². The van der Waals surface area contributed by atoms with Crippen molar-refractivity contribution in [2.75, 3.05) is 7.11 Å². The summed E-state index contributed by atoms with van der Waals surface area (Å²) in [7, 11) is 1.34. The van der Waals surface area contributed by atoms with Gasteiger partial charge in [0.25, 0.3) is 5.56 Å². The topological polar surface area (TPSA) is 111 Å². The average Bonchev–Trinajstić information content (AvgIpc) is 3.24. The number of allylic oxidation sites excluding steroid dienone is 2. The third kappa shape index (κ3) is 3.39. The van der Waals surface area contributed by atoms with Crippen molar-refractivity contribution in [2.45, 2.75) is 12.3 Å². The number of carbonyl (C=O) groups is 1. The molecule has 0 spiro atoms. The van der Waals surface area contributed by atoms with Gasteiger partial charge in [-0.05, 0) is 18.6 Å². The quantitative estimate of drug-likeness (QED) is 0.697. The summed E-state index contributed by atoms with van der Waals surface area (Å²) in [6.45, 7) is 0. The first-order chi connectivity index (χ1) is 13.7. The van der Waals surface area contributed by atoms with Gasteiger partial charge in [0.2, 0.25) is 0 Å². The van der Waals surface area contributed by atoms with Crippen LogP contribution in [-0.2, 0) is 9.53 Å². The number of aromatic amines is 1.